The SMILES string of the molecule is Oc1cccc(-c2nc3cccnc3n2CC2CCCO2)c1. The third kappa shape index (κ3) is 2.33. The van der Waals surface area contributed by atoms with E-state index < -0.39 is 0 Å². The van der Waals surface area contributed by atoms with Gasteiger partial charge in [-0.05, 0) is 37.1 Å². The molecule has 1 saturated heterocycles. The first-order valence-electron chi connectivity index (χ1n) is 7.53. The molecule has 1 unspecified atom stereocenters. The summed E-state index contributed by atoms with van der Waals surface area (Å²) < 4.78 is 7.86. The van der Waals surface area contributed by atoms with Gasteiger partial charge in [-0.3, -0.25) is 0 Å². The molecule has 0 aliphatic carbocycles. The van der Waals surface area contributed by atoms with E-state index in [9.17, 15) is 5.11 Å². The molecule has 3 heterocycles. The molecule has 4 rings (SSSR count). The molecular weight excluding hydrogens is 278 g/mol. The van der Waals surface area contributed by atoms with Crippen LogP contribution in [0.25, 0.3) is 22.6 Å². The Kier molecular flexibility index (Phi) is 3.27. The smallest absolute Gasteiger partial charge is 0.160 e. The lowest BCUT2D eigenvalue weighted by Gasteiger charge is -2.13. The van der Waals surface area contributed by atoms with Crippen LogP contribution < -0.4 is 0 Å². The van der Waals surface area contributed by atoms with Gasteiger partial charge in [0, 0.05) is 18.4 Å². The highest BCUT2D eigenvalue weighted by Gasteiger charge is 2.21. The van der Waals surface area contributed by atoms with Gasteiger partial charge < -0.3 is 14.4 Å². The average molecular weight is 295 g/mol. The first-order valence-corrected chi connectivity index (χ1v) is 7.53. The summed E-state index contributed by atoms with van der Waals surface area (Å²) in [4.78, 5) is 9.17. The number of rotatable bonds is 3. The van der Waals surface area contributed by atoms with Crippen molar-refractivity contribution in [1.29, 1.82) is 0 Å². The molecule has 1 atom stereocenters. The van der Waals surface area contributed by atoms with Gasteiger partial charge in [-0.2, -0.15) is 0 Å². The van der Waals surface area contributed by atoms with E-state index in [4.69, 9.17) is 9.72 Å². The molecular formula is C17H17N3O2. The number of ether oxygens (including phenoxy) is 1. The van der Waals surface area contributed by atoms with Crippen molar-refractivity contribution in [3.05, 3.63) is 42.6 Å². The summed E-state index contributed by atoms with van der Waals surface area (Å²) in [6.07, 6.45) is 4.15. The van der Waals surface area contributed by atoms with Crippen LogP contribution in [0.3, 0.4) is 0 Å². The van der Waals surface area contributed by atoms with Crippen LogP contribution in [0.2, 0.25) is 0 Å². The molecule has 5 heteroatoms. The standard InChI is InChI=1S/C17H17N3O2/c21-13-5-1-4-12(10-13)16-19-15-7-2-8-18-17(15)20(16)11-14-6-3-9-22-14/h1-2,4-5,7-8,10,14,21H,3,6,9,11H2. The molecule has 5 nitrogen and oxygen atoms in total. The number of pyridine rings is 1. The van der Waals surface area contributed by atoms with Crippen molar-refractivity contribution in [3.63, 3.8) is 0 Å². The highest BCUT2D eigenvalue weighted by Crippen LogP contribution is 2.27. The van der Waals surface area contributed by atoms with Crippen LogP contribution in [0.1, 0.15) is 12.8 Å². The second-order valence-electron chi connectivity index (χ2n) is 5.58. The number of hydrogen-bond donors (Lipinski definition) is 1. The van der Waals surface area contributed by atoms with Gasteiger partial charge in [0.2, 0.25) is 0 Å². The first-order chi connectivity index (χ1) is 10.8. The molecule has 1 aliphatic heterocycles. The Bertz CT molecular complexity index is 807. The zero-order chi connectivity index (χ0) is 14.9. The highest BCUT2D eigenvalue weighted by atomic mass is 16.5. The highest BCUT2D eigenvalue weighted by molar-refractivity contribution is 5.77. The normalized spacial score (nSPS) is 18.1. The number of aromatic nitrogens is 3. The maximum atomic E-state index is 9.75. The lowest BCUT2D eigenvalue weighted by atomic mass is 10.2. The Hall–Kier alpha value is -2.40. The van der Waals surface area contributed by atoms with Gasteiger partial charge in [0.15, 0.2) is 5.65 Å². The maximum absolute atomic E-state index is 9.75. The van der Waals surface area contributed by atoms with Gasteiger partial charge in [0.1, 0.15) is 17.1 Å². The van der Waals surface area contributed by atoms with E-state index in [1.54, 1.807) is 18.3 Å². The fourth-order valence-electron chi connectivity index (χ4n) is 2.99. The molecule has 2 aromatic heterocycles. The number of phenolic OH excluding ortho intramolecular Hbond substituents is 1. The van der Waals surface area contributed by atoms with E-state index in [2.05, 4.69) is 9.55 Å². The van der Waals surface area contributed by atoms with Gasteiger partial charge >= 0.3 is 0 Å². The zero-order valence-electron chi connectivity index (χ0n) is 12.1. The van der Waals surface area contributed by atoms with Gasteiger partial charge in [-0.25, -0.2) is 9.97 Å². The summed E-state index contributed by atoms with van der Waals surface area (Å²) in [6, 6.07) is 11.0. The monoisotopic (exact) mass is 295 g/mol. The Labute approximate surface area is 128 Å². The fourth-order valence-corrected chi connectivity index (χ4v) is 2.99. The second-order valence-corrected chi connectivity index (χ2v) is 5.58. The molecule has 0 spiro atoms. The number of phenols is 1. The van der Waals surface area contributed by atoms with Crippen molar-refractivity contribution in [3.8, 4) is 17.1 Å². The van der Waals surface area contributed by atoms with E-state index >= 15 is 0 Å². The summed E-state index contributed by atoms with van der Waals surface area (Å²) in [5.41, 5.74) is 2.60. The van der Waals surface area contributed by atoms with Gasteiger partial charge in [0.05, 0.1) is 12.6 Å². The molecule has 0 saturated carbocycles. The van der Waals surface area contributed by atoms with E-state index in [1.807, 2.05) is 24.3 Å². The molecule has 112 valence electrons. The summed E-state index contributed by atoms with van der Waals surface area (Å²) in [6.45, 7) is 1.56. The molecule has 1 aromatic carbocycles. The van der Waals surface area contributed by atoms with Crippen LogP contribution in [0.4, 0.5) is 0 Å². The van der Waals surface area contributed by atoms with Crippen LogP contribution in [-0.2, 0) is 11.3 Å². The summed E-state index contributed by atoms with van der Waals surface area (Å²) in [5, 5.41) is 9.75. The predicted octanol–water partition coefficient (Wildman–Crippen LogP) is 2.98. The zero-order valence-corrected chi connectivity index (χ0v) is 12.1. The average Bonchev–Trinajstić information content (AvgIpc) is 3.16. The van der Waals surface area contributed by atoms with E-state index in [-0.39, 0.29) is 11.9 Å². The second kappa shape index (κ2) is 5.42. The molecule has 1 N–H and O–H groups in total. The molecule has 1 aliphatic rings. The number of aromatic hydroxyl groups is 1. The van der Waals surface area contributed by atoms with Crippen LogP contribution in [0.15, 0.2) is 42.6 Å². The summed E-state index contributed by atoms with van der Waals surface area (Å²) in [7, 11) is 0. The van der Waals surface area contributed by atoms with Crippen molar-refractivity contribution < 1.29 is 9.84 Å². The van der Waals surface area contributed by atoms with Crippen molar-refractivity contribution in [2.24, 2.45) is 0 Å². The topological polar surface area (TPSA) is 60.2 Å². The Morgan fingerprint density at radius 3 is 3.05 bits per heavy atom. The first kappa shape index (κ1) is 13.3. The lowest BCUT2D eigenvalue weighted by Crippen LogP contribution is -2.16. The molecule has 3 aromatic rings. The quantitative estimate of drug-likeness (QED) is 0.807. The number of imidazole rings is 1. The van der Waals surface area contributed by atoms with Gasteiger partial charge in [-0.1, -0.05) is 12.1 Å². The van der Waals surface area contributed by atoms with E-state index in [0.29, 0.717) is 0 Å². The van der Waals surface area contributed by atoms with Crippen LogP contribution in [0.5, 0.6) is 5.75 Å². The van der Waals surface area contributed by atoms with Crippen molar-refractivity contribution >= 4 is 11.2 Å². The van der Waals surface area contributed by atoms with Crippen LogP contribution in [-0.4, -0.2) is 32.4 Å². The lowest BCUT2D eigenvalue weighted by molar-refractivity contribution is 0.0981. The van der Waals surface area contributed by atoms with Crippen LogP contribution in [0, 0.1) is 0 Å². The third-order valence-corrected chi connectivity index (χ3v) is 4.02. The maximum Gasteiger partial charge on any atom is 0.160 e. The Morgan fingerprint density at radius 1 is 1.27 bits per heavy atom. The summed E-state index contributed by atoms with van der Waals surface area (Å²) in [5.74, 6) is 1.06. The third-order valence-electron chi connectivity index (χ3n) is 4.02. The van der Waals surface area contributed by atoms with Crippen molar-refractivity contribution in [1.82, 2.24) is 14.5 Å². The number of hydrogen-bond acceptors (Lipinski definition) is 4. The molecule has 22 heavy (non-hydrogen) atoms. The Balaban J connectivity index is 1.85. The van der Waals surface area contributed by atoms with Gasteiger partial charge in [-0.15, -0.1) is 0 Å². The Morgan fingerprint density at radius 2 is 2.23 bits per heavy atom. The van der Waals surface area contributed by atoms with E-state index in [0.717, 1.165) is 48.5 Å². The molecule has 1 fully saturated rings. The van der Waals surface area contributed by atoms with E-state index in [1.165, 1.54) is 0 Å². The minimum Gasteiger partial charge on any atom is -0.508 e. The van der Waals surface area contributed by atoms with Gasteiger partial charge in [0.25, 0.3) is 0 Å². The fraction of sp³-hybridized carbons (Fsp3) is 0.294. The minimum atomic E-state index is 0.204. The van der Waals surface area contributed by atoms with Crippen molar-refractivity contribution in [2.75, 3.05) is 6.61 Å². The largest absolute Gasteiger partial charge is 0.508 e. The number of nitrogens with zero attached hydrogens (tertiary/aromatic N) is 3. The van der Waals surface area contributed by atoms with Crippen molar-refractivity contribution in [2.45, 2.75) is 25.5 Å². The molecule has 0 bridgehead atoms. The summed E-state index contributed by atoms with van der Waals surface area (Å²) >= 11 is 0. The molecule has 0 amide bonds. The number of fused-ring (bicyclic) bond motifs is 1. The minimum absolute atomic E-state index is 0.204. The van der Waals surface area contributed by atoms with Crippen LogP contribution >= 0.6 is 0 Å². The molecule has 0 radical (unpaired) electrons. The predicted molar refractivity (Wildman–Crippen MR) is 83.6 cm³/mol. The number of benzene rings is 1.